The summed E-state index contributed by atoms with van der Waals surface area (Å²) in [6.07, 6.45) is 2.46. The lowest BCUT2D eigenvalue weighted by molar-refractivity contribution is 0.120. The minimum absolute atomic E-state index is 0.0816. The molecule has 2 amide bonds. The average molecular weight is 408 g/mol. The number of hydrogen-bond donors (Lipinski definition) is 0. The summed E-state index contributed by atoms with van der Waals surface area (Å²) in [7, 11) is 0. The van der Waals surface area contributed by atoms with Gasteiger partial charge in [0.15, 0.2) is 0 Å². The number of aromatic nitrogens is 4. The lowest BCUT2D eigenvalue weighted by atomic mass is 9.92. The molecule has 0 spiro atoms. The van der Waals surface area contributed by atoms with Crippen molar-refractivity contribution in [3.63, 3.8) is 0 Å². The molecule has 0 bridgehead atoms. The van der Waals surface area contributed by atoms with Crippen molar-refractivity contribution < 1.29 is 13.9 Å². The first-order valence-electron chi connectivity index (χ1n) is 9.95. The van der Waals surface area contributed by atoms with Crippen molar-refractivity contribution in [1.29, 1.82) is 0 Å². The van der Waals surface area contributed by atoms with E-state index in [9.17, 15) is 9.18 Å². The Morgan fingerprint density at radius 2 is 1.67 bits per heavy atom. The van der Waals surface area contributed by atoms with Gasteiger partial charge in [0.1, 0.15) is 23.6 Å². The van der Waals surface area contributed by atoms with Crippen LogP contribution in [0.1, 0.15) is 23.9 Å². The average Bonchev–Trinajstić information content (AvgIpc) is 3.41. The van der Waals surface area contributed by atoms with Crippen molar-refractivity contribution in [2.75, 3.05) is 26.2 Å². The molecule has 154 valence electrons. The van der Waals surface area contributed by atoms with Crippen LogP contribution in [-0.4, -0.2) is 62.2 Å². The maximum absolute atomic E-state index is 13.0. The predicted molar refractivity (Wildman–Crippen MR) is 106 cm³/mol. The predicted octanol–water partition coefficient (Wildman–Crippen LogP) is 3.07. The normalized spacial score (nSPS) is 19.0. The first kappa shape index (κ1) is 18.5. The third-order valence-corrected chi connectivity index (χ3v) is 5.73. The Morgan fingerprint density at radius 3 is 2.33 bits per heavy atom. The SMILES string of the molecule is O=C(N1CC(c2ccc(Oc3ccc(F)cc3)cc2)C1)N1CC[C@H](n2cnnn2)C1. The number of likely N-dealkylation sites (tertiary alicyclic amines) is 2. The smallest absolute Gasteiger partial charge is 0.320 e. The highest BCUT2D eigenvalue weighted by Gasteiger charge is 2.37. The molecule has 2 aliphatic heterocycles. The van der Waals surface area contributed by atoms with Gasteiger partial charge in [-0.2, -0.15) is 0 Å². The Hall–Kier alpha value is -3.49. The Labute approximate surface area is 172 Å². The summed E-state index contributed by atoms with van der Waals surface area (Å²) in [6.45, 7) is 2.78. The molecule has 1 atom stereocenters. The molecule has 2 saturated heterocycles. The third-order valence-electron chi connectivity index (χ3n) is 5.73. The van der Waals surface area contributed by atoms with E-state index in [0.717, 1.165) is 13.0 Å². The summed E-state index contributed by atoms with van der Waals surface area (Å²) < 4.78 is 20.4. The second kappa shape index (κ2) is 7.74. The molecule has 1 aromatic heterocycles. The Morgan fingerprint density at radius 1 is 0.967 bits per heavy atom. The van der Waals surface area contributed by atoms with Crippen LogP contribution in [0.15, 0.2) is 54.9 Å². The van der Waals surface area contributed by atoms with Gasteiger partial charge in [-0.3, -0.25) is 0 Å². The van der Waals surface area contributed by atoms with E-state index < -0.39 is 0 Å². The lowest BCUT2D eigenvalue weighted by Crippen LogP contribution is -2.53. The molecule has 8 nitrogen and oxygen atoms in total. The molecule has 0 aliphatic carbocycles. The zero-order chi connectivity index (χ0) is 20.5. The van der Waals surface area contributed by atoms with Crippen molar-refractivity contribution in [2.45, 2.75) is 18.4 Å². The molecular weight excluding hydrogens is 387 g/mol. The van der Waals surface area contributed by atoms with Crippen molar-refractivity contribution in [2.24, 2.45) is 0 Å². The maximum Gasteiger partial charge on any atom is 0.320 e. The van der Waals surface area contributed by atoms with Crippen LogP contribution in [0.25, 0.3) is 0 Å². The molecule has 2 aromatic carbocycles. The monoisotopic (exact) mass is 408 g/mol. The van der Waals surface area contributed by atoms with Crippen LogP contribution < -0.4 is 4.74 Å². The number of ether oxygens (including phenoxy) is 1. The van der Waals surface area contributed by atoms with Gasteiger partial charge < -0.3 is 14.5 Å². The van der Waals surface area contributed by atoms with E-state index >= 15 is 0 Å². The van der Waals surface area contributed by atoms with Gasteiger partial charge >= 0.3 is 6.03 Å². The van der Waals surface area contributed by atoms with Crippen molar-refractivity contribution in [1.82, 2.24) is 30.0 Å². The molecule has 30 heavy (non-hydrogen) atoms. The molecule has 3 heterocycles. The number of halogens is 1. The van der Waals surface area contributed by atoms with Gasteiger partial charge in [-0.05, 0) is 58.8 Å². The summed E-state index contributed by atoms with van der Waals surface area (Å²) in [4.78, 5) is 16.5. The number of carbonyl (C=O) groups excluding carboxylic acids is 1. The van der Waals surface area contributed by atoms with E-state index in [4.69, 9.17) is 4.74 Å². The van der Waals surface area contributed by atoms with Crippen LogP contribution in [0.2, 0.25) is 0 Å². The van der Waals surface area contributed by atoms with Gasteiger partial charge in [-0.25, -0.2) is 13.9 Å². The summed E-state index contributed by atoms with van der Waals surface area (Å²) in [5.74, 6) is 1.33. The number of urea groups is 1. The molecule has 3 aromatic rings. The Balaban J connectivity index is 1.13. The van der Waals surface area contributed by atoms with Gasteiger partial charge in [-0.1, -0.05) is 12.1 Å². The summed E-state index contributed by atoms with van der Waals surface area (Å²) >= 11 is 0. The van der Waals surface area contributed by atoms with Crippen LogP contribution in [0.5, 0.6) is 11.5 Å². The minimum Gasteiger partial charge on any atom is -0.457 e. The topological polar surface area (TPSA) is 76.4 Å². The molecule has 5 rings (SSSR count). The molecule has 0 N–H and O–H groups in total. The maximum atomic E-state index is 13.0. The number of tetrazole rings is 1. The fraction of sp³-hybridized carbons (Fsp3) is 0.333. The zero-order valence-electron chi connectivity index (χ0n) is 16.3. The number of benzene rings is 2. The van der Waals surface area contributed by atoms with Gasteiger partial charge in [0.25, 0.3) is 0 Å². The number of amides is 2. The minimum atomic E-state index is -0.290. The fourth-order valence-corrected chi connectivity index (χ4v) is 3.96. The van der Waals surface area contributed by atoms with Gasteiger partial charge in [0.2, 0.25) is 0 Å². The van der Waals surface area contributed by atoms with Crippen LogP contribution in [0.4, 0.5) is 9.18 Å². The highest BCUT2D eigenvalue weighted by Crippen LogP contribution is 2.31. The van der Waals surface area contributed by atoms with Crippen LogP contribution in [-0.2, 0) is 0 Å². The number of rotatable bonds is 4. The van der Waals surface area contributed by atoms with Crippen LogP contribution >= 0.6 is 0 Å². The van der Waals surface area contributed by atoms with Gasteiger partial charge in [0, 0.05) is 32.1 Å². The van der Waals surface area contributed by atoms with Crippen molar-refractivity contribution >= 4 is 6.03 Å². The van der Waals surface area contributed by atoms with Crippen molar-refractivity contribution in [3.05, 3.63) is 66.2 Å². The second-order valence-corrected chi connectivity index (χ2v) is 7.69. The first-order chi connectivity index (χ1) is 14.7. The Kier molecular flexibility index (Phi) is 4.78. The van der Waals surface area contributed by atoms with E-state index in [1.54, 1.807) is 23.1 Å². The molecule has 0 unspecified atom stereocenters. The highest BCUT2D eigenvalue weighted by molar-refractivity contribution is 5.76. The summed E-state index contributed by atoms with van der Waals surface area (Å²) in [6, 6.07) is 14.0. The van der Waals surface area contributed by atoms with Gasteiger partial charge in [-0.15, -0.1) is 5.10 Å². The molecule has 2 fully saturated rings. The van der Waals surface area contributed by atoms with Crippen molar-refractivity contribution in [3.8, 4) is 11.5 Å². The third kappa shape index (κ3) is 3.70. The molecule has 2 aliphatic rings. The van der Waals surface area contributed by atoms with Crippen LogP contribution in [0, 0.1) is 5.82 Å². The van der Waals surface area contributed by atoms with E-state index in [2.05, 4.69) is 15.5 Å². The van der Waals surface area contributed by atoms with E-state index in [1.165, 1.54) is 17.7 Å². The lowest BCUT2D eigenvalue weighted by Gasteiger charge is -2.41. The van der Waals surface area contributed by atoms with Crippen LogP contribution in [0.3, 0.4) is 0 Å². The second-order valence-electron chi connectivity index (χ2n) is 7.69. The molecule has 0 radical (unpaired) electrons. The standard InChI is InChI=1S/C21H21FN6O2/c22-17-3-7-20(8-4-17)30-19-5-1-15(2-6-19)16-11-27(12-16)21(29)26-10-9-18(13-26)28-14-23-24-25-28/h1-8,14,16,18H,9-13H2/t18-/m0/s1. The number of nitrogens with zero attached hydrogens (tertiary/aromatic N) is 6. The summed E-state index contributed by atoms with van der Waals surface area (Å²) in [5.41, 5.74) is 1.18. The molecule has 9 heteroatoms. The van der Waals surface area contributed by atoms with E-state index in [-0.39, 0.29) is 17.9 Å². The van der Waals surface area contributed by atoms with E-state index in [0.29, 0.717) is 37.1 Å². The highest BCUT2D eigenvalue weighted by atomic mass is 19.1. The first-order valence-corrected chi connectivity index (χ1v) is 9.95. The zero-order valence-corrected chi connectivity index (χ0v) is 16.3. The number of hydrogen-bond acceptors (Lipinski definition) is 5. The quantitative estimate of drug-likeness (QED) is 0.663. The number of carbonyl (C=O) groups is 1. The largest absolute Gasteiger partial charge is 0.457 e. The van der Waals surface area contributed by atoms with E-state index in [1.807, 2.05) is 34.1 Å². The molecule has 0 saturated carbocycles. The fourth-order valence-electron chi connectivity index (χ4n) is 3.96. The van der Waals surface area contributed by atoms with Gasteiger partial charge in [0.05, 0.1) is 6.04 Å². The Bertz CT molecular complexity index is 1000. The molecular formula is C21H21FN6O2. The summed E-state index contributed by atoms with van der Waals surface area (Å²) in [5, 5.41) is 11.3.